The van der Waals surface area contributed by atoms with Gasteiger partial charge in [-0.1, -0.05) is 117 Å². The van der Waals surface area contributed by atoms with Crippen LogP contribution in [0, 0.1) is 20.2 Å². The van der Waals surface area contributed by atoms with E-state index in [4.69, 9.17) is 9.68 Å². The fraction of sp³-hybridized carbons (Fsp3) is 1.00. The minimum absolute atomic E-state index is 0.375. The summed E-state index contributed by atoms with van der Waals surface area (Å²) in [7, 11) is 0. The lowest BCUT2D eigenvalue weighted by Gasteiger charge is -2.16. The lowest BCUT2D eigenvalue weighted by Crippen LogP contribution is -2.32. The standard InChI is InChI=1S/C28H58N4O6/c1-3-5-7-9-11-13-17-21-27(37-31(33)34)25-29-23-19-15-16-20-24-30-26-28(38-32(35)36)22-18-14-12-10-8-6-4-2/h27-30H,3-26H2,1-2H3. The zero-order valence-corrected chi connectivity index (χ0v) is 24.5. The molecule has 0 saturated carbocycles. The van der Waals surface area contributed by atoms with Crippen LogP contribution < -0.4 is 10.6 Å². The van der Waals surface area contributed by atoms with E-state index in [1.807, 2.05) is 0 Å². The molecule has 0 heterocycles. The Balaban J connectivity index is 3.78. The Labute approximate surface area is 231 Å². The van der Waals surface area contributed by atoms with Gasteiger partial charge in [-0.3, -0.25) is 0 Å². The smallest absolute Gasteiger partial charge is 0.294 e. The van der Waals surface area contributed by atoms with Crippen LogP contribution in [0.4, 0.5) is 0 Å². The average Bonchev–Trinajstić information content (AvgIpc) is 2.87. The first-order valence-corrected chi connectivity index (χ1v) is 15.5. The van der Waals surface area contributed by atoms with E-state index < -0.39 is 10.2 Å². The molecule has 0 radical (unpaired) electrons. The van der Waals surface area contributed by atoms with Crippen molar-refractivity contribution in [1.29, 1.82) is 0 Å². The van der Waals surface area contributed by atoms with Gasteiger partial charge in [-0.15, -0.1) is 20.2 Å². The third-order valence-corrected chi connectivity index (χ3v) is 6.93. The van der Waals surface area contributed by atoms with E-state index in [1.54, 1.807) is 0 Å². The minimum atomic E-state index is -0.670. The lowest BCUT2D eigenvalue weighted by atomic mass is 10.1. The third-order valence-electron chi connectivity index (χ3n) is 6.93. The summed E-state index contributed by atoms with van der Waals surface area (Å²) >= 11 is 0. The van der Waals surface area contributed by atoms with Gasteiger partial charge in [0.2, 0.25) is 0 Å². The van der Waals surface area contributed by atoms with Crippen LogP contribution in [-0.4, -0.2) is 48.6 Å². The van der Waals surface area contributed by atoms with Crippen molar-refractivity contribution in [3.8, 4) is 0 Å². The molecule has 0 aliphatic carbocycles. The molecule has 0 aliphatic heterocycles. The van der Waals surface area contributed by atoms with Gasteiger partial charge in [-0.2, -0.15) is 0 Å². The van der Waals surface area contributed by atoms with Crippen molar-refractivity contribution in [2.24, 2.45) is 0 Å². The maximum atomic E-state index is 10.8. The van der Waals surface area contributed by atoms with Gasteiger partial charge in [-0.25, -0.2) is 0 Å². The molecule has 0 spiro atoms. The summed E-state index contributed by atoms with van der Waals surface area (Å²) < 4.78 is 0. The molecule has 0 bridgehead atoms. The second-order valence-corrected chi connectivity index (χ2v) is 10.5. The predicted molar refractivity (Wildman–Crippen MR) is 153 cm³/mol. The van der Waals surface area contributed by atoms with Crippen LogP contribution in [0.25, 0.3) is 0 Å². The number of unbranched alkanes of at least 4 members (excludes halogenated alkanes) is 15. The van der Waals surface area contributed by atoms with E-state index in [9.17, 15) is 20.2 Å². The minimum Gasteiger partial charge on any atom is -0.315 e. The highest BCUT2D eigenvalue weighted by molar-refractivity contribution is 4.63. The van der Waals surface area contributed by atoms with Gasteiger partial charge in [0, 0.05) is 13.1 Å². The van der Waals surface area contributed by atoms with E-state index in [-0.39, 0.29) is 12.2 Å². The number of nitrogens with one attached hydrogen (secondary N) is 2. The van der Waals surface area contributed by atoms with Gasteiger partial charge in [0.15, 0.2) is 0 Å². The average molecular weight is 547 g/mol. The zero-order chi connectivity index (χ0) is 28.1. The van der Waals surface area contributed by atoms with E-state index in [2.05, 4.69) is 24.5 Å². The Morgan fingerprint density at radius 2 is 0.842 bits per heavy atom. The Morgan fingerprint density at radius 3 is 1.18 bits per heavy atom. The second-order valence-electron chi connectivity index (χ2n) is 10.5. The molecule has 0 aromatic heterocycles. The molecular formula is C28H58N4O6. The van der Waals surface area contributed by atoms with Crippen molar-refractivity contribution in [1.82, 2.24) is 10.6 Å². The van der Waals surface area contributed by atoms with Gasteiger partial charge in [-0.05, 0) is 38.8 Å². The van der Waals surface area contributed by atoms with Crippen LogP contribution in [0.1, 0.15) is 142 Å². The lowest BCUT2D eigenvalue weighted by molar-refractivity contribution is -0.768. The van der Waals surface area contributed by atoms with E-state index in [1.165, 1.54) is 64.2 Å². The summed E-state index contributed by atoms with van der Waals surface area (Å²) in [4.78, 5) is 31.3. The van der Waals surface area contributed by atoms with Crippen molar-refractivity contribution in [3.63, 3.8) is 0 Å². The number of hydrogen-bond donors (Lipinski definition) is 2. The normalized spacial score (nSPS) is 12.8. The Morgan fingerprint density at radius 1 is 0.526 bits per heavy atom. The molecule has 10 nitrogen and oxygen atoms in total. The maximum Gasteiger partial charge on any atom is 0.294 e. The van der Waals surface area contributed by atoms with Crippen LogP contribution in [-0.2, 0) is 9.68 Å². The summed E-state index contributed by atoms with van der Waals surface area (Å²) in [5.41, 5.74) is 0. The summed E-state index contributed by atoms with van der Waals surface area (Å²) in [6.07, 6.45) is 21.4. The fourth-order valence-electron chi connectivity index (χ4n) is 4.67. The molecule has 0 aromatic rings. The van der Waals surface area contributed by atoms with Crippen LogP contribution in [0.3, 0.4) is 0 Å². The Kier molecular flexibility index (Phi) is 27.1. The van der Waals surface area contributed by atoms with Crippen LogP contribution in [0.5, 0.6) is 0 Å². The third kappa shape index (κ3) is 27.4. The van der Waals surface area contributed by atoms with E-state index in [0.717, 1.165) is 64.5 Å². The first kappa shape index (κ1) is 36.3. The van der Waals surface area contributed by atoms with Crippen molar-refractivity contribution < 1.29 is 19.8 Å². The van der Waals surface area contributed by atoms with E-state index >= 15 is 0 Å². The topological polar surface area (TPSA) is 129 Å². The zero-order valence-electron chi connectivity index (χ0n) is 24.5. The van der Waals surface area contributed by atoms with Gasteiger partial charge in [0.1, 0.15) is 12.2 Å². The summed E-state index contributed by atoms with van der Waals surface area (Å²) in [5.74, 6) is 0. The quantitative estimate of drug-likeness (QED) is 0.0532. The number of rotatable bonds is 31. The van der Waals surface area contributed by atoms with Crippen molar-refractivity contribution in [3.05, 3.63) is 20.2 Å². The van der Waals surface area contributed by atoms with Crippen LogP contribution in [0.15, 0.2) is 0 Å². The molecule has 0 saturated heterocycles. The summed E-state index contributed by atoms with van der Waals surface area (Å²) in [6.45, 7) is 7.07. The molecular weight excluding hydrogens is 488 g/mol. The maximum absolute atomic E-state index is 10.8. The molecule has 0 aliphatic rings. The predicted octanol–water partition coefficient (Wildman–Crippen LogP) is 7.16. The first-order chi connectivity index (χ1) is 18.5. The van der Waals surface area contributed by atoms with Crippen molar-refractivity contribution in [2.45, 2.75) is 154 Å². The van der Waals surface area contributed by atoms with Crippen LogP contribution in [0.2, 0.25) is 0 Å². The van der Waals surface area contributed by atoms with E-state index in [0.29, 0.717) is 25.9 Å². The van der Waals surface area contributed by atoms with Gasteiger partial charge < -0.3 is 20.3 Å². The fourth-order valence-corrected chi connectivity index (χ4v) is 4.67. The monoisotopic (exact) mass is 546 g/mol. The first-order valence-electron chi connectivity index (χ1n) is 15.5. The highest BCUT2D eigenvalue weighted by atomic mass is 17.0. The van der Waals surface area contributed by atoms with Crippen molar-refractivity contribution >= 4 is 0 Å². The molecule has 2 N–H and O–H groups in total. The van der Waals surface area contributed by atoms with Gasteiger partial charge in [0.25, 0.3) is 10.2 Å². The molecule has 2 unspecified atom stereocenters. The van der Waals surface area contributed by atoms with Gasteiger partial charge in [0.05, 0.1) is 0 Å². The molecule has 226 valence electrons. The van der Waals surface area contributed by atoms with Crippen molar-refractivity contribution in [2.75, 3.05) is 26.2 Å². The highest BCUT2D eigenvalue weighted by Gasteiger charge is 2.13. The molecule has 10 heteroatoms. The highest BCUT2D eigenvalue weighted by Crippen LogP contribution is 2.12. The van der Waals surface area contributed by atoms with Gasteiger partial charge >= 0.3 is 0 Å². The molecule has 0 aromatic carbocycles. The number of hydrogen-bond acceptors (Lipinski definition) is 8. The summed E-state index contributed by atoms with van der Waals surface area (Å²) in [6, 6.07) is 0. The molecule has 0 amide bonds. The second kappa shape index (κ2) is 28.3. The molecule has 38 heavy (non-hydrogen) atoms. The summed E-state index contributed by atoms with van der Waals surface area (Å²) in [5, 5.41) is 26.9. The SMILES string of the molecule is CCCCCCCCCC(CNCCCCCCNCC(CCCCCCCCC)O[N+](=O)[O-])O[N+](=O)[O-]. The van der Waals surface area contributed by atoms with Crippen LogP contribution >= 0.6 is 0 Å². The largest absolute Gasteiger partial charge is 0.315 e. The Hall–Kier alpha value is -1.68. The number of nitrogens with zero attached hydrogens (tertiary/aromatic N) is 2. The molecule has 0 rings (SSSR count). The Bertz CT molecular complexity index is 495. The molecule has 0 fully saturated rings. The molecule has 2 atom stereocenters.